The van der Waals surface area contributed by atoms with E-state index < -0.39 is 0 Å². The summed E-state index contributed by atoms with van der Waals surface area (Å²) in [5.74, 6) is 3.89. The van der Waals surface area contributed by atoms with Gasteiger partial charge in [0.2, 0.25) is 0 Å². The van der Waals surface area contributed by atoms with Gasteiger partial charge >= 0.3 is 0 Å². The molecule has 1 atom stereocenters. The van der Waals surface area contributed by atoms with Gasteiger partial charge in [0.1, 0.15) is 0 Å². The van der Waals surface area contributed by atoms with E-state index >= 15 is 0 Å². The fourth-order valence-electron chi connectivity index (χ4n) is 5.04. The number of unbranched alkanes of at least 4 members (excludes halogenated alkanes) is 2. The topological polar surface area (TPSA) is 81.5 Å². The summed E-state index contributed by atoms with van der Waals surface area (Å²) in [5, 5.41) is 11.5. The molecule has 0 spiro atoms. The number of hydrogen-bond acceptors (Lipinski definition) is 6. The number of nitrogens with one attached hydrogen (secondary N) is 1. The second-order valence-electron chi connectivity index (χ2n) is 10.4. The highest BCUT2D eigenvalue weighted by atomic mass is 16.5. The van der Waals surface area contributed by atoms with E-state index in [1.54, 1.807) is 19.2 Å². The molecule has 1 heterocycles. The average Bonchev–Trinajstić information content (AvgIpc) is 3.45. The number of benzene rings is 1. The molecule has 40 heavy (non-hydrogen) atoms. The van der Waals surface area contributed by atoms with Crippen LogP contribution in [0.25, 0.3) is 0 Å². The van der Waals surface area contributed by atoms with Crippen molar-refractivity contribution in [2.45, 2.75) is 90.6 Å². The van der Waals surface area contributed by atoms with E-state index in [-0.39, 0.29) is 5.91 Å². The van der Waals surface area contributed by atoms with Crippen LogP contribution in [-0.4, -0.2) is 65.2 Å². The second-order valence-corrected chi connectivity index (χ2v) is 10.4. The number of aromatic nitrogens is 3. The van der Waals surface area contributed by atoms with Crippen LogP contribution in [0.4, 0.5) is 0 Å². The monoisotopic (exact) mass is 549 g/mol. The van der Waals surface area contributed by atoms with Gasteiger partial charge < -0.3 is 19.7 Å². The Morgan fingerprint density at radius 3 is 2.77 bits per heavy atom. The highest BCUT2D eigenvalue weighted by Gasteiger charge is 2.20. The van der Waals surface area contributed by atoms with E-state index in [1.165, 1.54) is 0 Å². The van der Waals surface area contributed by atoms with Crippen LogP contribution >= 0.6 is 0 Å². The van der Waals surface area contributed by atoms with Gasteiger partial charge in [0.25, 0.3) is 5.91 Å². The van der Waals surface area contributed by atoms with E-state index in [9.17, 15) is 4.79 Å². The molecule has 0 unspecified atom stereocenters. The minimum Gasteiger partial charge on any atom is -0.493 e. The van der Waals surface area contributed by atoms with Crippen molar-refractivity contribution in [3.8, 4) is 23.8 Å². The Hall–Kier alpha value is -3.31. The summed E-state index contributed by atoms with van der Waals surface area (Å²) in [6.07, 6.45) is 20.0. The minimum absolute atomic E-state index is 0.0966. The van der Waals surface area contributed by atoms with Crippen molar-refractivity contribution in [2.24, 2.45) is 0 Å². The first kappa shape index (κ1) is 31.2. The number of rotatable bonds is 18. The first-order valence-electron chi connectivity index (χ1n) is 15.0. The number of aryl methyl sites for hydroxylation is 2. The molecule has 1 N–H and O–H groups in total. The van der Waals surface area contributed by atoms with Gasteiger partial charge in [-0.2, -0.15) is 0 Å². The lowest BCUT2D eigenvalue weighted by Gasteiger charge is -2.33. The summed E-state index contributed by atoms with van der Waals surface area (Å²) in [5.41, 5.74) is 2.69. The van der Waals surface area contributed by atoms with Crippen molar-refractivity contribution in [3.63, 3.8) is 0 Å². The molecule has 0 saturated carbocycles. The van der Waals surface area contributed by atoms with Crippen LogP contribution in [0.2, 0.25) is 0 Å². The number of amides is 1. The third-order valence-electron chi connectivity index (χ3n) is 7.34. The molecule has 3 rings (SSSR count). The van der Waals surface area contributed by atoms with Crippen LogP contribution < -0.4 is 14.8 Å². The molecule has 1 amide bonds. The molecule has 1 aliphatic rings. The number of ether oxygens (including phenoxy) is 2. The highest BCUT2D eigenvalue weighted by Crippen LogP contribution is 2.28. The lowest BCUT2D eigenvalue weighted by atomic mass is 9.94. The van der Waals surface area contributed by atoms with E-state index in [0.29, 0.717) is 36.3 Å². The van der Waals surface area contributed by atoms with Gasteiger partial charge in [-0.15, -0.1) is 11.5 Å². The Labute approximate surface area is 240 Å². The highest BCUT2D eigenvalue weighted by molar-refractivity contribution is 5.94. The number of nitrogens with zero attached hydrogens (tertiary/aromatic N) is 4. The Morgan fingerprint density at radius 2 is 2.05 bits per heavy atom. The van der Waals surface area contributed by atoms with Crippen molar-refractivity contribution >= 4 is 5.91 Å². The first-order chi connectivity index (χ1) is 19.6. The zero-order valence-corrected chi connectivity index (χ0v) is 24.7. The number of allylic oxidation sites excluding steroid dienone is 1. The van der Waals surface area contributed by atoms with Gasteiger partial charge in [-0.3, -0.25) is 9.48 Å². The Balaban J connectivity index is 1.37. The van der Waals surface area contributed by atoms with E-state index in [0.717, 1.165) is 95.1 Å². The molecule has 0 aliphatic heterocycles. The summed E-state index contributed by atoms with van der Waals surface area (Å²) in [6.45, 7) is 8.62. The number of carbonyl (C=O) groups is 1. The number of hydrogen-bond donors (Lipinski definition) is 1. The molecule has 218 valence electrons. The molecule has 1 aromatic heterocycles. The standard InChI is InChI=1S/C32H47N5O3/c1-5-8-22-37-25-28(34-35-37)12-11-23-40-30-18-15-27(24-31(30)39-4)32(38)33-19-9-10-21-36(20-6-2)29-16-13-26(7-3)14-17-29/h3,13,15,18,24-25,29H,5-6,8-12,14,16-17,19-23H2,1-2,4H3,(H,33,38)/t29-/m1/s1. The molecule has 1 aromatic carbocycles. The van der Waals surface area contributed by atoms with Gasteiger partial charge in [-0.1, -0.05) is 37.5 Å². The fourth-order valence-corrected chi connectivity index (χ4v) is 5.04. The van der Waals surface area contributed by atoms with E-state index in [2.05, 4.69) is 46.4 Å². The van der Waals surface area contributed by atoms with Crippen LogP contribution in [0, 0.1) is 12.3 Å². The predicted molar refractivity (Wildman–Crippen MR) is 160 cm³/mol. The maximum absolute atomic E-state index is 12.8. The zero-order chi connectivity index (χ0) is 28.6. The third kappa shape index (κ3) is 10.0. The molecule has 0 saturated heterocycles. The average molecular weight is 550 g/mol. The summed E-state index contributed by atoms with van der Waals surface area (Å²) >= 11 is 0. The van der Waals surface area contributed by atoms with Crippen LogP contribution in [0.5, 0.6) is 11.5 Å². The van der Waals surface area contributed by atoms with Crippen molar-refractivity contribution in [3.05, 3.63) is 47.3 Å². The summed E-state index contributed by atoms with van der Waals surface area (Å²) in [4.78, 5) is 15.3. The second kappa shape index (κ2) is 17.4. The number of terminal acetylenes is 1. The Morgan fingerprint density at radius 1 is 1.18 bits per heavy atom. The first-order valence-corrected chi connectivity index (χ1v) is 15.0. The van der Waals surface area contributed by atoms with E-state index in [1.807, 2.05) is 16.9 Å². The van der Waals surface area contributed by atoms with Gasteiger partial charge in [0.05, 0.1) is 19.4 Å². The van der Waals surface area contributed by atoms with Crippen molar-refractivity contribution < 1.29 is 14.3 Å². The smallest absolute Gasteiger partial charge is 0.251 e. The minimum atomic E-state index is -0.0966. The Bertz CT molecular complexity index is 1120. The van der Waals surface area contributed by atoms with Crippen LogP contribution in [0.3, 0.4) is 0 Å². The maximum atomic E-state index is 12.8. The van der Waals surface area contributed by atoms with Crippen molar-refractivity contribution in [2.75, 3.05) is 33.4 Å². The van der Waals surface area contributed by atoms with Gasteiger partial charge in [-0.25, -0.2) is 0 Å². The predicted octanol–water partition coefficient (Wildman–Crippen LogP) is 5.43. The summed E-state index contributed by atoms with van der Waals surface area (Å²) < 4.78 is 13.4. The molecular weight excluding hydrogens is 502 g/mol. The number of methoxy groups -OCH3 is 1. The van der Waals surface area contributed by atoms with Crippen LogP contribution in [-0.2, 0) is 13.0 Å². The SMILES string of the molecule is C#CC1=CC[C@@H](N(CCC)CCCCNC(=O)c2ccc(OCCCc3cn(CCCC)nn3)c(OC)c2)CC1. The van der Waals surface area contributed by atoms with Crippen molar-refractivity contribution in [1.82, 2.24) is 25.2 Å². The molecule has 8 heteroatoms. The van der Waals surface area contributed by atoms with Gasteiger partial charge in [0, 0.05) is 30.9 Å². The fraction of sp³-hybridized carbons (Fsp3) is 0.594. The molecule has 8 nitrogen and oxygen atoms in total. The molecule has 0 bridgehead atoms. The third-order valence-corrected chi connectivity index (χ3v) is 7.34. The molecule has 0 radical (unpaired) electrons. The zero-order valence-electron chi connectivity index (χ0n) is 24.7. The normalized spacial score (nSPS) is 15.0. The molecular formula is C32H47N5O3. The lowest BCUT2D eigenvalue weighted by Crippen LogP contribution is -2.38. The Kier molecular flexibility index (Phi) is 13.6. The van der Waals surface area contributed by atoms with Crippen molar-refractivity contribution in [1.29, 1.82) is 0 Å². The van der Waals surface area contributed by atoms with Crippen LogP contribution in [0.15, 0.2) is 36.0 Å². The summed E-state index contributed by atoms with van der Waals surface area (Å²) in [6, 6.07) is 5.91. The van der Waals surface area contributed by atoms with Gasteiger partial charge in [0.15, 0.2) is 11.5 Å². The quantitative estimate of drug-likeness (QED) is 0.197. The van der Waals surface area contributed by atoms with Crippen LogP contribution in [0.1, 0.15) is 87.7 Å². The molecule has 1 aliphatic carbocycles. The largest absolute Gasteiger partial charge is 0.493 e. The number of carbonyl (C=O) groups excluding carboxylic acids is 1. The maximum Gasteiger partial charge on any atom is 0.251 e. The summed E-state index contributed by atoms with van der Waals surface area (Å²) in [7, 11) is 1.59. The van der Waals surface area contributed by atoms with Gasteiger partial charge in [-0.05, 0) is 94.6 Å². The molecule has 2 aromatic rings. The van der Waals surface area contributed by atoms with E-state index in [4.69, 9.17) is 15.9 Å². The lowest BCUT2D eigenvalue weighted by molar-refractivity contribution is 0.0951. The molecule has 0 fully saturated rings.